The number of hydrogen-bond donors (Lipinski definition) is 0. The van der Waals surface area contributed by atoms with Crippen molar-refractivity contribution >= 4 is 10.9 Å². The van der Waals surface area contributed by atoms with E-state index in [-0.39, 0.29) is 0 Å². The molecule has 0 saturated carbocycles. The molecule has 0 unspecified atom stereocenters. The summed E-state index contributed by atoms with van der Waals surface area (Å²) in [6.45, 7) is 4.22. The molecule has 1 aromatic carbocycles. The van der Waals surface area contributed by atoms with Gasteiger partial charge in [0.05, 0.1) is 19.9 Å². The molecule has 0 saturated heterocycles. The maximum absolute atomic E-state index is 5.37. The Kier molecular flexibility index (Phi) is 3.13. The predicted molar refractivity (Wildman–Crippen MR) is 66.7 cm³/mol. The maximum atomic E-state index is 5.37. The first-order valence-electron chi connectivity index (χ1n) is 5.54. The highest BCUT2D eigenvalue weighted by atomic mass is 16.5. The summed E-state index contributed by atoms with van der Waals surface area (Å²) in [5, 5.41) is 1.01. The number of fused-ring (bicyclic) bond motifs is 1. The second-order valence-corrected chi connectivity index (χ2v) is 4.11. The van der Waals surface area contributed by atoms with Crippen molar-refractivity contribution in [2.75, 3.05) is 14.2 Å². The summed E-state index contributed by atoms with van der Waals surface area (Å²) in [5.41, 5.74) is 1.82. The number of aromatic nitrogens is 2. The first-order chi connectivity index (χ1) is 8.19. The molecule has 0 atom stereocenters. The highest BCUT2D eigenvalue weighted by molar-refractivity contribution is 5.89. The van der Waals surface area contributed by atoms with Gasteiger partial charge in [-0.25, -0.2) is 9.97 Å². The van der Waals surface area contributed by atoms with Crippen LogP contribution in [0.15, 0.2) is 18.5 Å². The Balaban J connectivity index is 2.78. The van der Waals surface area contributed by atoms with Crippen molar-refractivity contribution in [1.29, 1.82) is 0 Å². The summed E-state index contributed by atoms with van der Waals surface area (Å²) in [7, 11) is 3.24. The fraction of sp³-hybridized carbons (Fsp3) is 0.385. The molecule has 1 heterocycles. The molecule has 2 rings (SSSR count). The fourth-order valence-electron chi connectivity index (χ4n) is 1.92. The average Bonchev–Trinajstić information content (AvgIpc) is 2.36. The topological polar surface area (TPSA) is 44.2 Å². The molecule has 2 aromatic rings. The van der Waals surface area contributed by atoms with Gasteiger partial charge in [0.25, 0.3) is 0 Å². The largest absolute Gasteiger partial charge is 0.493 e. The van der Waals surface area contributed by atoms with Crippen molar-refractivity contribution in [1.82, 2.24) is 9.97 Å². The van der Waals surface area contributed by atoms with E-state index in [9.17, 15) is 0 Å². The Labute approximate surface area is 101 Å². The SMILES string of the molecule is COc1ccc2c(C(C)C)ncnc2c1OC. The standard InChI is InChI=1S/C13H16N2O2/c1-8(2)11-9-5-6-10(16-3)13(17-4)12(9)15-7-14-11/h5-8H,1-4H3. The third-order valence-electron chi connectivity index (χ3n) is 2.73. The van der Waals surface area contributed by atoms with E-state index in [0.29, 0.717) is 17.4 Å². The summed E-state index contributed by atoms with van der Waals surface area (Å²) >= 11 is 0. The molecule has 0 aliphatic carbocycles. The Morgan fingerprint density at radius 3 is 2.41 bits per heavy atom. The lowest BCUT2D eigenvalue weighted by Gasteiger charge is -2.13. The summed E-state index contributed by atoms with van der Waals surface area (Å²) in [4.78, 5) is 8.62. The summed E-state index contributed by atoms with van der Waals surface area (Å²) in [5.74, 6) is 1.70. The molecule has 0 amide bonds. The van der Waals surface area contributed by atoms with Gasteiger partial charge in [0, 0.05) is 5.39 Å². The van der Waals surface area contributed by atoms with E-state index < -0.39 is 0 Å². The van der Waals surface area contributed by atoms with Crippen LogP contribution in [0.25, 0.3) is 10.9 Å². The zero-order chi connectivity index (χ0) is 12.4. The molecule has 0 fully saturated rings. The Morgan fingerprint density at radius 1 is 1.06 bits per heavy atom. The fourth-order valence-corrected chi connectivity index (χ4v) is 1.92. The molecule has 4 heteroatoms. The maximum Gasteiger partial charge on any atom is 0.187 e. The molecule has 90 valence electrons. The Bertz CT molecular complexity index is 538. The van der Waals surface area contributed by atoms with Crippen molar-refractivity contribution < 1.29 is 9.47 Å². The second kappa shape index (κ2) is 4.57. The van der Waals surface area contributed by atoms with Crippen LogP contribution in [0, 0.1) is 0 Å². The van der Waals surface area contributed by atoms with E-state index in [1.54, 1.807) is 20.5 Å². The molecule has 0 aliphatic rings. The van der Waals surface area contributed by atoms with Gasteiger partial charge in [0.15, 0.2) is 11.5 Å². The molecule has 0 radical (unpaired) electrons. The minimum atomic E-state index is 0.346. The molecule has 17 heavy (non-hydrogen) atoms. The number of hydrogen-bond acceptors (Lipinski definition) is 4. The summed E-state index contributed by atoms with van der Waals surface area (Å²) in [6, 6.07) is 3.86. The van der Waals surface area contributed by atoms with E-state index in [1.165, 1.54) is 0 Å². The zero-order valence-corrected chi connectivity index (χ0v) is 10.5. The van der Waals surface area contributed by atoms with Gasteiger partial charge in [-0.2, -0.15) is 0 Å². The quantitative estimate of drug-likeness (QED) is 0.816. The first kappa shape index (κ1) is 11.6. The van der Waals surface area contributed by atoms with Crippen LogP contribution in [0.3, 0.4) is 0 Å². The van der Waals surface area contributed by atoms with Crippen molar-refractivity contribution in [2.24, 2.45) is 0 Å². The molecule has 0 spiro atoms. The van der Waals surface area contributed by atoms with Crippen LogP contribution in [-0.4, -0.2) is 24.2 Å². The smallest absolute Gasteiger partial charge is 0.187 e. The van der Waals surface area contributed by atoms with Gasteiger partial charge in [0.1, 0.15) is 11.8 Å². The normalized spacial score (nSPS) is 10.9. The Hall–Kier alpha value is -1.84. The number of methoxy groups -OCH3 is 2. The summed E-state index contributed by atoms with van der Waals surface area (Å²) < 4.78 is 10.6. The van der Waals surface area contributed by atoms with E-state index in [0.717, 1.165) is 16.6 Å². The molecule has 1 aromatic heterocycles. The van der Waals surface area contributed by atoms with Gasteiger partial charge < -0.3 is 9.47 Å². The monoisotopic (exact) mass is 232 g/mol. The van der Waals surface area contributed by atoms with Crippen LogP contribution in [0.5, 0.6) is 11.5 Å². The Morgan fingerprint density at radius 2 is 1.82 bits per heavy atom. The molecule has 0 bridgehead atoms. The van der Waals surface area contributed by atoms with Crippen molar-refractivity contribution in [3.63, 3.8) is 0 Å². The molecule has 0 aliphatic heterocycles. The third kappa shape index (κ3) is 1.90. The lowest BCUT2D eigenvalue weighted by molar-refractivity contribution is 0.358. The number of rotatable bonds is 3. The van der Waals surface area contributed by atoms with E-state index in [1.807, 2.05) is 12.1 Å². The lowest BCUT2D eigenvalue weighted by Crippen LogP contribution is -1.99. The van der Waals surface area contributed by atoms with Crippen LogP contribution in [0.1, 0.15) is 25.5 Å². The van der Waals surface area contributed by atoms with Crippen LogP contribution >= 0.6 is 0 Å². The molecular weight excluding hydrogens is 216 g/mol. The average molecular weight is 232 g/mol. The highest BCUT2D eigenvalue weighted by Crippen LogP contribution is 2.35. The lowest BCUT2D eigenvalue weighted by atomic mass is 10.0. The third-order valence-corrected chi connectivity index (χ3v) is 2.73. The van der Waals surface area contributed by atoms with E-state index >= 15 is 0 Å². The zero-order valence-electron chi connectivity index (χ0n) is 10.5. The van der Waals surface area contributed by atoms with Crippen LogP contribution in [0.2, 0.25) is 0 Å². The van der Waals surface area contributed by atoms with Crippen molar-refractivity contribution in [2.45, 2.75) is 19.8 Å². The van der Waals surface area contributed by atoms with Crippen molar-refractivity contribution in [3.8, 4) is 11.5 Å². The second-order valence-electron chi connectivity index (χ2n) is 4.11. The summed E-state index contributed by atoms with van der Waals surface area (Å²) in [6.07, 6.45) is 1.57. The van der Waals surface area contributed by atoms with Gasteiger partial charge in [-0.3, -0.25) is 0 Å². The van der Waals surface area contributed by atoms with Crippen LogP contribution in [-0.2, 0) is 0 Å². The van der Waals surface area contributed by atoms with Gasteiger partial charge in [-0.15, -0.1) is 0 Å². The predicted octanol–water partition coefficient (Wildman–Crippen LogP) is 2.77. The number of benzene rings is 1. The van der Waals surface area contributed by atoms with Crippen LogP contribution < -0.4 is 9.47 Å². The first-order valence-corrected chi connectivity index (χ1v) is 5.54. The van der Waals surface area contributed by atoms with Gasteiger partial charge in [-0.05, 0) is 18.1 Å². The highest BCUT2D eigenvalue weighted by Gasteiger charge is 2.14. The molecule has 4 nitrogen and oxygen atoms in total. The molecule has 0 N–H and O–H groups in total. The number of ether oxygens (including phenoxy) is 2. The van der Waals surface area contributed by atoms with E-state index in [4.69, 9.17) is 9.47 Å². The van der Waals surface area contributed by atoms with E-state index in [2.05, 4.69) is 23.8 Å². The van der Waals surface area contributed by atoms with Crippen LogP contribution in [0.4, 0.5) is 0 Å². The number of nitrogens with zero attached hydrogens (tertiary/aromatic N) is 2. The van der Waals surface area contributed by atoms with Gasteiger partial charge in [-0.1, -0.05) is 13.8 Å². The van der Waals surface area contributed by atoms with Crippen molar-refractivity contribution in [3.05, 3.63) is 24.2 Å². The minimum Gasteiger partial charge on any atom is -0.493 e. The molecular formula is C13H16N2O2. The van der Waals surface area contributed by atoms with Gasteiger partial charge >= 0.3 is 0 Å². The van der Waals surface area contributed by atoms with Gasteiger partial charge in [0.2, 0.25) is 0 Å². The minimum absolute atomic E-state index is 0.346.